The average Bonchev–Trinajstić information content (AvgIpc) is 2.44. The first kappa shape index (κ1) is 16.0. The smallest absolute Gasteiger partial charge is 0.319 e. The van der Waals surface area contributed by atoms with Gasteiger partial charge in [-0.25, -0.2) is 9.18 Å². The lowest BCUT2D eigenvalue weighted by Gasteiger charge is -2.32. The second-order valence-electron chi connectivity index (χ2n) is 6.32. The van der Waals surface area contributed by atoms with Crippen LogP contribution in [0.3, 0.4) is 0 Å². The molecule has 0 aliphatic rings. The Bertz CT molecular complexity index is 635. The number of carbonyl (C=O) groups excluding carboxylic acids is 1. The highest BCUT2D eigenvalue weighted by atomic mass is 19.1. The minimum atomic E-state index is -0.381. The van der Waals surface area contributed by atoms with Crippen LogP contribution in [0.5, 0.6) is 0 Å². The van der Waals surface area contributed by atoms with E-state index in [-0.39, 0.29) is 23.3 Å². The molecule has 0 spiro atoms. The molecule has 0 saturated carbocycles. The van der Waals surface area contributed by atoms with Gasteiger partial charge in [0.1, 0.15) is 5.82 Å². The fourth-order valence-corrected chi connectivity index (χ4v) is 2.31. The van der Waals surface area contributed by atoms with Crippen LogP contribution >= 0.6 is 0 Å². The summed E-state index contributed by atoms with van der Waals surface area (Å²) in [6, 6.07) is 15.1. The number of rotatable bonds is 3. The molecule has 22 heavy (non-hydrogen) atoms. The zero-order valence-corrected chi connectivity index (χ0v) is 13.1. The number of halogens is 1. The quantitative estimate of drug-likeness (QED) is 0.845. The van der Waals surface area contributed by atoms with Crippen LogP contribution in [0.4, 0.5) is 14.9 Å². The van der Waals surface area contributed by atoms with E-state index in [1.54, 1.807) is 12.1 Å². The van der Waals surface area contributed by atoms with Crippen molar-refractivity contribution >= 4 is 11.7 Å². The molecular weight excluding hydrogens is 279 g/mol. The standard InChI is InChI=1S/C18H21FN2O/c1-18(2,3)16(13-8-5-4-6-9-13)21-17(22)20-15-11-7-10-14(19)12-15/h4-12,16H,1-3H3,(H2,20,21,22). The molecule has 0 aromatic heterocycles. The van der Waals surface area contributed by atoms with Gasteiger partial charge >= 0.3 is 6.03 Å². The molecule has 0 heterocycles. The van der Waals surface area contributed by atoms with Gasteiger partial charge in [-0.3, -0.25) is 0 Å². The number of benzene rings is 2. The number of carbonyl (C=O) groups is 1. The lowest BCUT2D eigenvalue weighted by atomic mass is 9.82. The highest BCUT2D eigenvalue weighted by Gasteiger charge is 2.27. The van der Waals surface area contributed by atoms with Gasteiger partial charge in [0.15, 0.2) is 0 Å². The first-order chi connectivity index (χ1) is 10.4. The van der Waals surface area contributed by atoms with Crippen LogP contribution in [0.2, 0.25) is 0 Å². The molecule has 0 saturated heterocycles. The van der Waals surface area contributed by atoms with Gasteiger partial charge in [0, 0.05) is 5.69 Å². The number of nitrogens with one attached hydrogen (secondary N) is 2. The monoisotopic (exact) mass is 300 g/mol. The molecule has 2 N–H and O–H groups in total. The molecule has 0 fully saturated rings. The van der Waals surface area contributed by atoms with Crippen molar-refractivity contribution in [2.24, 2.45) is 5.41 Å². The van der Waals surface area contributed by atoms with E-state index < -0.39 is 0 Å². The Kier molecular flexibility index (Phi) is 4.81. The fraction of sp³-hybridized carbons (Fsp3) is 0.278. The minimum absolute atomic E-state index is 0.151. The largest absolute Gasteiger partial charge is 0.331 e. The lowest BCUT2D eigenvalue weighted by molar-refractivity contribution is 0.229. The van der Waals surface area contributed by atoms with Gasteiger partial charge in [-0.2, -0.15) is 0 Å². The normalized spacial score (nSPS) is 12.5. The van der Waals surface area contributed by atoms with Crippen molar-refractivity contribution in [3.63, 3.8) is 0 Å². The van der Waals surface area contributed by atoms with E-state index in [0.29, 0.717) is 5.69 Å². The molecule has 0 aliphatic heterocycles. The van der Waals surface area contributed by atoms with Crippen molar-refractivity contribution in [1.82, 2.24) is 5.32 Å². The second kappa shape index (κ2) is 6.60. The second-order valence-corrected chi connectivity index (χ2v) is 6.32. The number of hydrogen-bond acceptors (Lipinski definition) is 1. The Balaban J connectivity index is 2.12. The van der Waals surface area contributed by atoms with E-state index in [1.165, 1.54) is 12.1 Å². The van der Waals surface area contributed by atoms with Gasteiger partial charge in [0.05, 0.1) is 6.04 Å². The number of amides is 2. The minimum Gasteiger partial charge on any atom is -0.331 e. The van der Waals surface area contributed by atoms with Crippen LogP contribution < -0.4 is 10.6 Å². The third kappa shape index (κ3) is 4.32. The Morgan fingerprint density at radius 3 is 2.32 bits per heavy atom. The first-order valence-corrected chi connectivity index (χ1v) is 7.24. The zero-order valence-electron chi connectivity index (χ0n) is 13.1. The molecule has 3 nitrogen and oxygen atoms in total. The average molecular weight is 300 g/mol. The SMILES string of the molecule is CC(C)(C)C(NC(=O)Nc1cccc(F)c1)c1ccccc1. The molecule has 4 heteroatoms. The molecule has 1 atom stereocenters. The van der Waals surface area contributed by atoms with Gasteiger partial charge in [0.25, 0.3) is 0 Å². The maximum atomic E-state index is 13.2. The summed E-state index contributed by atoms with van der Waals surface area (Å²) < 4.78 is 13.2. The van der Waals surface area contributed by atoms with Crippen LogP contribution in [0.15, 0.2) is 54.6 Å². The molecule has 2 aromatic rings. The Morgan fingerprint density at radius 1 is 1.05 bits per heavy atom. The molecular formula is C18H21FN2O. The summed E-state index contributed by atoms with van der Waals surface area (Å²) in [6.07, 6.45) is 0. The van der Waals surface area contributed by atoms with Gasteiger partial charge in [-0.15, -0.1) is 0 Å². The van der Waals surface area contributed by atoms with Gasteiger partial charge in [-0.1, -0.05) is 57.2 Å². The van der Waals surface area contributed by atoms with Crippen LogP contribution in [0.1, 0.15) is 32.4 Å². The first-order valence-electron chi connectivity index (χ1n) is 7.24. The summed E-state index contributed by atoms with van der Waals surface area (Å²) >= 11 is 0. The number of anilines is 1. The topological polar surface area (TPSA) is 41.1 Å². The van der Waals surface area contributed by atoms with Crippen molar-refractivity contribution in [2.45, 2.75) is 26.8 Å². The van der Waals surface area contributed by atoms with Gasteiger partial charge < -0.3 is 10.6 Å². The molecule has 116 valence electrons. The van der Waals surface area contributed by atoms with Gasteiger partial charge in [-0.05, 0) is 29.2 Å². The summed E-state index contributed by atoms with van der Waals surface area (Å²) in [5.74, 6) is -0.381. The Morgan fingerprint density at radius 2 is 1.73 bits per heavy atom. The van der Waals surface area contributed by atoms with Crippen LogP contribution in [-0.4, -0.2) is 6.03 Å². The van der Waals surface area contributed by atoms with Crippen LogP contribution in [0, 0.1) is 11.2 Å². The maximum absolute atomic E-state index is 13.2. The van der Waals surface area contributed by atoms with E-state index in [0.717, 1.165) is 5.56 Å². The molecule has 0 bridgehead atoms. The summed E-state index contributed by atoms with van der Waals surface area (Å²) in [4.78, 5) is 12.2. The van der Waals surface area contributed by atoms with E-state index in [9.17, 15) is 9.18 Å². The number of hydrogen-bond donors (Lipinski definition) is 2. The predicted molar refractivity (Wildman–Crippen MR) is 87.2 cm³/mol. The maximum Gasteiger partial charge on any atom is 0.319 e. The molecule has 0 aliphatic carbocycles. The van der Waals surface area contributed by atoms with Crippen molar-refractivity contribution in [1.29, 1.82) is 0 Å². The molecule has 2 amide bonds. The van der Waals surface area contributed by atoms with Crippen molar-refractivity contribution < 1.29 is 9.18 Å². The van der Waals surface area contributed by atoms with Crippen molar-refractivity contribution in [3.05, 3.63) is 66.0 Å². The van der Waals surface area contributed by atoms with Crippen molar-refractivity contribution in [2.75, 3.05) is 5.32 Å². The molecule has 0 radical (unpaired) electrons. The third-order valence-electron chi connectivity index (χ3n) is 3.36. The van der Waals surface area contributed by atoms with Crippen molar-refractivity contribution in [3.8, 4) is 0 Å². The summed E-state index contributed by atoms with van der Waals surface area (Å²) in [5, 5.41) is 5.63. The summed E-state index contributed by atoms with van der Waals surface area (Å²) in [7, 11) is 0. The predicted octanol–water partition coefficient (Wildman–Crippen LogP) is 4.73. The fourth-order valence-electron chi connectivity index (χ4n) is 2.31. The molecule has 2 aromatic carbocycles. The van der Waals surface area contributed by atoms with Crippen LogP contribution in [0.25, 0.3) is 0 Å². The lowest BCUT2D eigenvalue weighted by Crippen LogP contribution is -2.39. The Hall–Kier alpha value is -2.36. The number of urea groups is 1. The highest BCUT2D eigenvalue weighted by Crippen LogP contribution is 2.32. The molecule has 2 rings (SSSR count). The summed E-state index contributed by atoms with van der Waals surface area (Å²) in [6.45, 7) is 6.19. The van der Waals surface area contributed by atoms with Crippen LogP contribution in [-0.2, 0) is 0 Å². The Labute approximate surface area is 130 Å². The van der Waals surface area contributed by atoms with E-state index in [1.807, 2.05) is 30.3 Å². The van der Waals surface area contributed by atoms with E-state index in [2.05, 4.69) is 31.4 Å². The molecule has 1 unspecified atom stereocenters. The van der Waals surface area contributed by atoms with Gasteiger partial charge in [0.2, 0.25) is 0 Å². The van der Waals surface area contributed by atoms with E-state index in [4.69, 9.17) is 0 Å². The third-order valence-corrected chi connectivity index (χ3v) is 3.36. The zero-order chi connectivity index (χ0) is 16.2. The summed E-state index contributed by atoms with van der Waals surface area (Å²) in [5.41, 5.74) is 1.31. The highest BCUT2D eigenvalue weighted by molar-refractivity contribution is 5.89. The van der Waals surface area contributed by atoms with E-state index >= 15 is 0 Å².